The molecule has 0 radical (unpaired) electrons. The van der Waals surface area contributed by atoms with Crippen LogP contribution < -0.4 is 0 Å². The zero-order chi connectivity index (χ0) is 13.6. The lowest BCUT2D eigenvalue weighted by atomic mass is 10.2. The van der Waals surface area contributed by atoms with Crippen molar-refractivity contribution >= 4 is 18.4 Å². The van der Waals surface area contributed by atoms with Gasteiger partial charge in [-0.25, -0.2) is 9.98 Å². The summed E-state index contributed by atoms with van der Waals surface area (Å²) >= 11 is 0. The minimum atomic E-state index is 0. The first-order valence-corrected chi connectivity index (χ1v) is 6.65. The lowest BCUT2D eigenvalue weighted by Crippen LogP contribution is -2.13. The highest BCUT2D eigenvalue weighted by Gasteiger charge is 2.12. The molecule has 1 aliphatic heterocycles. The van der Waals surface area contributed by atoms with Crippen molar-refractivity contribution in [1.82, 2.24) is 4.90 Å². The van der Waals surface area contributed by atoms with Crippen LogP contribution in [0.4, 0.5) is 0 Å². The smallest absolute Gasteiger partial charge is 0.0892 e. The van der Waals surface area contributed by atoms with Gasteiger partial charge < -0.3 is 14.7 Å². The van der Waals surface area contributed by atoms with Gasteiger partial charge in [0.25, 0.3) is 0 Å². The molecule has 0 aromatic rings. The third-order valence-electron chi connectivity index (χ3n) is 2.40. The molecule has 0 aromatic carbocycles. The molecule has 0 saturated carbocycles. The monoisotopic (exact) mass is 293 g/mol. The van der Waals surface area contributed by atoms with Gasteiger partial charge >= 0.3 is 0 Å². The topological polar surface area (TPSA) is 57.4 Å². The lowest BCUT2D eigenvalue weighted by Gasteiger charge is -2.05. The van der Waals surface area contributed by atoms with E-state index >= 15 is 0 Å². The molecule has 1 rings (SSSR count). The Bertz CT molecular complexity index is 238. The SMILES string of the molecule is CCN=C=NCCCN(C)C.Cl.OCC1CCCO1. The normalized spacial score (nSPS) is 17.0. The average Bonchev–Trinajstić information content (AvgIpc) is 2.87. The summed E-state index contributed by atoms with van der Waals surface area (Å²) in [5.74, 6) is 0. The molecule has 1 fully saturated rings. The van der Waals surface area contributed by atoms with Gasteiger partial charge in [-0.2, -0.15) is 0 Å². The van der Waals surface area contributed by atoms with Crippen LogP contribution in [-0.4, -0.2) is 69.1 Å². The zero-order valence-electron chi connectivity index (χ0n) is 12.3. The molecular formula is C13H28ClN3O2. The number of nitrogens with zero attached hydrogens (tertiary/aromatic N) is 3. The van der Waals surface area contributed by atoms with Gasteiger partial charge in [-0.1, -0.05) is 0 Å². The minimum Gasteiger partial charge on any atom is -0.394 e. The first-order chi connectivity index (χ1) is 8.70. The van der Waals surface area contributed by atoms with Gasteiger partial charge in [0.1, 0.15) is 0 Å². The van der Waals surface area contributed by atoms with Crippen molar-refractivity contribution in [2.45, 2.75) is 32.3 Å². The van der Waals surface area contributed by atoms with Crippen LogP contribution in [-0.2, 0) is 4.74 Å². The standard InChI is InChI=1S/C8H17N3.C5H10O2.ClH/c1-4-9-8-10-6-5-7-11(2)3;6-4-5-2-1-3-7-5;/h4-7H2,1-3H3;5-6H,1-4H2;1H. The fourth-order valence-electron chi connectivity index (χ4n) is 1.43. The number of rotatable bonds is 6. The van der Waals surface area contributed by atoms with Crippen molar-refractivity contribution in [2.75, 3.05) is 46.9 Å². The van der Waals surface area contributed by atoms with E-state index < -0.39 is 0 Å². The molecule has 1 atom stereocenters. The molecule has 0 spiro atoms. The highest BCUT2D eigenvalue weighted by atomic mass is 35.5. The number of aliphatic imine (C=N–C) groups is 2. The Labute approximate surface area is 123 Å². The Morgan fingerprint density at radius 3 is 2.53 bits per heavy atom. The van der Waals surface area contributed by atoms with Crippen molar-refractivity contribution in [3.63, 3.8) is 0 Å². The first kappa shape index (κ1) is 20.9. The van der Waals surface area contributed by atoms with E-state index in [9.17, 15) is 0 Å². The fourth-order valence-corrected chi connectivity index (χ4v) is 1.43. The molecular weight excluding hydrogens is 266 g/mol. The van der Waals surface area contributed by atoms with Crippen LogP contribution in [0, 0.1) is 0 Å². The number of aliphatic hydroxyl groups excluding tert-OH is 1. The molecule has 0 bridgehead atoms. The number of halogens is 1. The zero-order valence-corrected chi connectivity index (χ0v) is 13.2. The summed E-state index contributed by atoms with van der Waals surface area (Å²) in [5.41, 5.74) is 0. The maximum atomic E-state index is 8.44. The van der Waals surface area contributed by atoms with Gasteiger partial charge in [-0.15, -0.1) is 12.4 Å². The molecule has 1 aliphatic rings. The molecule has 0 amide bonds. The molecule has 1 heterocycles. The Morgan fingerprint density at radius 1 is 1.37 bits per heavy atom. The molecule has 6 heteroatoms. The summed E-state index contributed by atoms with van der Waals surface area (Å²) in [6.45, 7) is 5.70. The summed E-state index contributed by atoms with van der Waals surface area (Å²) in [6.07, 6.45) is 3.39. The predicted molar refractivity (Wildman–Crippen MR) is 81.7 cm³/mol. The van der Waals surface area contributed by atoms with Gasteiger partial charge in [-0.05, 0) is 46.8 Å². The van der Waals surface area contributed by atoms with Crippen molar-refractivity contribution in [2.24, 2.45) is 9.98 Å². The van der Waals surface area contributed by atoms with E-state index in [0.717, 1.165) is 45.5 Å². The second-order valence-electron chi connectivity index (χ2n) is 4.43. The molecule has 0 aromatic heterocycles. The van der Waals surface area contributed by atoms with Crippen LogP contribution in [0.1, 0.15) is 26.2 Å². The van der Waals surface area contributed by atoms with Crippen molar-refractivity contribution < 1.29 is 9.84 Å². The van der Waals surface area contributed by atoms with Crippen LogP contribution in [0.5, 0.6) is 0 Å². The van der Waals surface area contributed by atoms with E-state index in [-0.39, 0.29) is 25.1 Å². The summed E-state index contributed by atoms with van der Waals surface area (Å²) < 4.78 is 5.05. The Morgan fingerprint density at radius 2 is 2.11 bits per heavy atom. The maximum absolute atomic E-state index is 8.44. The van der Waals surface area contributed by atoms with E-state index in [0.29, 0.717) is 0 Å². The molecule has 5 nitrogen and oxygen atoms in total. The molecule has 19 heavy (non-hydrogen) atoms. The van der Waals surface area contributed by atoms with Gasteiger partial charge in [0.2, 0.25) is 0 Å². The van der Waals surface area contributed by atoms with E-state index in [2.05, 4.69) is 35.0 Å². The van der Waals surface area contributed by atoms with Gasteiger partial charge in [0, 0.05) is 13.2 Å². The van der Waals surface area contributed by atoms with Gasteiger partial charge in [0.05, 0.1) is 25.3 Å². The number of hydrogen-bond acceptors (Lipinski definition) is 5. The quantitative estimate of drug-likeness (QED) is 0.599. The number of aliphatic hydroxyl groups is 1. The highest BCUT2D eigenvalue weighted by molar-refractivity contribution is 5.85. The minimum absolute atomic E-state index is 0. The van der Waals surface area contributed by atoms with Crippen molar-refractivity contribution in [3.05, 3.63) is 0 Å². The number of hydrogen-bond donors (Lipinski definition) is 1. The molecule has 1 saturated heterocycles. The van der Waals surface area contributed by atoms with Crippen LogP contribution in [0.2, 0.25) is 0 Å². The summed E-state index contributed by atoms with van der Waals surface area (Å²) in [6, 6.07) is 2.64. The van der Waals surface area contributed by atoms with Gasteiger partial charge in [0.15, 0.2) is 0 Å². The van der Waals surface area contributed by atoms with Crippen LogP contribution >= 0.6 is 12.4 Å². The molecule has 114 valence electrons. The average molecular weight is 294 g/mol. The third-order valence-corrected chi connectivity index (χ3v) is 2.40. The second kappa shape index (κ2) is 15.6. The van der Waals surface area contributed by atoms with Crippen LogP contribution in [0.25, 0.3) is 0 Å². The van der Waals surface area contributed by atoms with Gasteiger partial charge in [-0.3, -0.25) is 0 Å². The largest absolute Gasteiger partial charge is 0.394 e. The number of ether oxygens (including phenoxy) is 1. The molecule has 1 unspecified atom stereocenters. The summed E-state index contributed by atoms with van der Waals surface area (Å²) in [4.78, 5) is 9.99. The van der Waals surface area contributed by atoms with E-state index in [1.54, 1.807) is 0 Å². The summed E-state index contributed by atoms with van der Waals surface area (Å²) in [5, 5.41) is 8.44. The fraction of sp³-hybridized carbons (Fsp3) is 0.923. The highest BCUT2D eigenvalue weighted by Crippen LogP contribution is 2.09. The first-order valence-electron chi connectivity index (χ1n) is 6.65. The molecule has 0 aliphatic carbocycles. The lowest BCUT2D eigenvalue weighted by molar-refractivity contribution is 0.0591. The molecule has 1 N–H and O–H groups in total. The van der Waals surface area contributed by atoms with Crippen molar-refractivity contribution in [1.29, 1.82) is 0 Å². The Hall–Kier alpha value is -0.450. The van der Waals surface area contributed by atoms with Crippen molar-refractivity contribution in [3.8, 4) is 0 Å². The van der Waals surface area contributed by atoms with E-state index in [4.69, 9.17) is 9.84 Å². The Kier molecular flexibility index (Phi) is 17.1. The summed E-state index contributed by atoms with van der Waals surface area (Å²) in [7, 11) is 4.12. The second-order valence-corrected chi connectivity index (χ2v) is 4.43. The van der Waals surface area contributed by atoms with Crippen LogP contribution in [0.3, 0.4) is 0 Å². The van der Waals surface area contributed by atoms with E-state index in [1.165, 1.54) is 0 Å². The maximum Gasteiger partial charge on any atom is 0.0892 e. The third kappa shape index (κ3) is 15.5. The Balaban J connectivity index is 0. The van der Waals surface area contributed by atoms with E-state index in [1.807, 2.05) is 6.92 Å². The van der Waals surface area contributed by atoms with Crippen LogP contribution in [0.15, 0.2) is 9.98 Å². The predicted octanol–water partition coefficient (Wildman–Crippen LogP) is 1.71.